The van der Waals surface area contributed by atoms with Crippen LogP contribution >= 0.6 is 11.3 Å². The van der Waals surface area contributed by atoms with Gasteiger partial charge >= 0.3 is 0 Å². The first kappa shape index (κ1) is 15.6. The normalized spacial score (nSPS) is 12.1. The van der Waals surface area contributed by atoms with E-state index in [1.807, 2.05) is 36.4 Å². The Morgan fingerprint density at radius 3 is 2.61 bits per heavy atom. The van der Waals surface area contributed by atoms with Crippen molar-refractivity contribution in [2.75, 3.05) is 11.4 Å². The molecule has 1 N–H and O–H groups in total. The van der Waals surface area contributed by atoms with Gasteiger partial charge in [-0.1, -0.05) is 24.3 Å². The van der Waals surface area contributed by atoms with Crippen molar-refractivity contribution in [1.29, 1.82) is 0 Å². The maximum atomic E-state index is 9.78. The summed E-state index contributed by atoms with van der Waals surface area (Å²) in [7, 11) is 0. The van der Waals surface area contributed by atoms with E-state index < -0.39 is 6.10 Å². The van der Waals surface area contributed by atoms with Gasteiger partial charge in [0.1, 0.15) is 5.01 Å². The number of hydrogen-bond donors (Lipinski definition) is 1. The molecule has 0 aliphatic rings. The highest BCUT2D eigenvalue weighted by molar-refractivity contribution is 7.13. The monoisotopic (exact) mass is 325 g/mol. The van der Waals surface area contributed by atoms with Gasteiger partial charge in [0.15, 0.2) is 0 Å². The molecule has 0 saturated carbocycles. The van der Waals surface area contributed by atoms with Gasteiger partial charge in [0, 0.05) is 23.8 Å². The Balaban J connectivity index is 1.79. The van der Waals surface area contributed by atoms with Crippen molar-refractivity contribution in [3.05, 3.63) is 65.8 Å². The van der Waals surface area contributed by atoms with Crippen LogP contribution in [0, 0.1) is 0 Å². The molecular weight excluding hydrogens is 306 g/mol. The summed E-state index contributed by atoms with van der Waals surface area (Å²) in [6, 6.07) is 15.9. The van der Waals surface area contributed by atoms with Crippen LogP contribution in [0.1, 0.15) is 12.6 Å². The molecule has 118 valence electrons. The van der Waals surface area contributed by atoms with E-state index in [2.05, 4.69) is 32.4 Å². The minimum atomic E-state index is -0.399. The summed E-state index contributed by atoms with van der Waals surface area (Å²) >= 11 is 1.60. The van der Waals surface area contributed by atoms with E-state index in [4.69, 9.17) is 0 Å². The maximum absolute atomic E-state index is 9.78. The SMILES string of the molecule is C[C@H](O)CN(Cc1csc(-c2ccccn2)n1)c1ccccc1. The van der Waals surface area contributed by atoms with E-state index in [9.17, 15) is 5.11 Å². The van der Waals surface area contributed by atoms with Crippen LogP contribution < -0.4 is 4.90 Å². The highest BCUT2D eigenvalue weighted by atomic mass is 32.1. The van der Waals surface area contributed by atoms with Crippen molar-refractivity contribution in [3.63, 3.8) is 0 Å². The number of aliphatic hydroxyl groups excluding tert-OH is 1. The molecular formula is C18H19N3OS. The van der Waals surface area contributed by atoms with Gasteiger partial charge in [0.2, 0.25) is 0 Å². The van der Waals surface area contributed by atoms with Crippen LogP contribution in [0.4, 0.5) is 5.69 Å². The molecule has 0 aliphatic heterocycles. The average Bonchev–Trinajstić information content (AvgIpc) is 3.04. The van der Waals surface area contributed by atoms with Crippen molar-refractivity contribution in [1.82, 2.24) is 9.97 Å². The molecule has 3 rings (SSSR count). The number of rotatable bonds is 6. The molecule has 0 bridgehead atoms. The van der Waals surface area contributed by atoms with Crippen molar-refractivity contribution in [3.8, 4) is 10.7 Å². The number of para-hydroxylation sites is 1. The van der Waals surface area contributed by atoms with Gasteiger partial charge < -0.3 is 10.0 Å². The van der Waals surface area contributed by atoms with Crippen molar-refractivity contribution >= 4 is 17.0 Å². The molecule has 2 heterocycles. The number of thiazole rings is 1. The molecule has 0 amide bonds. The van der Waals surface area contributed by atoms with Crippen LogP contribution in [-0.4, -0.2) is 27.7 Å². The summed E-state index contributed by atoms with van der Waals surface area (Å²) < 4.78 is 0. The Morgan fingerprint density at radius 2 is 1.91 bits per heavy atom. The topological polar surface area (TPSA) is 49.2 Å². The lowest BCUT2D eigenvalue weighted by molar-refractivity contribution is 0.199. The van der Waals surface area contributed by atoms with Crippen LogP contribution in [0.5, 0.6) is 0 Å². The van der Waals surface area contributed by atoms with Gasteiger partial charge in [-0.3, -0.25) is 4.98 Å². The second-order valence-electron chi connectivity index (χ2n) is 5.42. The van der Waals surface area contributed by atoms with E-state index in [0.29, 0.717) is 13.1 Å². The lowest BCUT2D eigenvalue weighted by Gasteiger charge is -2.25. The van der Waals surface area contributed by atoms with Crippen LogP contribution in [0.2, 0.25) is 0 Å². The Kier molecular flexibility index (Phi) is 5.00. The fourth-order valence-electron chi connectivity index (χ4n) is 2.40. The van der Waals surface area contributed by atoms with E-state index in [1.54, 1.807) is 24.5 Å². The summed E-state index contributed by atoms with van der Waals surface area (Å²) in [5.41, 5.74) is 2.96. The predicted molar refractivity (Wildman–Crippen MR) is 94.5 cm³/mol. The highest BCUT2D eigenvalue weighted by Gasteiger charge is 2.13. The second-order valence-corrected chi connectivity index (χ2v) is 6.28. The molecule has 0 spiro atoms. The molecule has 0 fully saturated rings. The Labute approximate surface area is 140 Å². The molecule has 1 aromatic carbocycles. The van der Waals surface area contributed by atoms with Gasteiger partial charge in [-0.05, 0) is 31.2 Å². The largest absolute Gasteiger partial charge is 0.392 e. The first-order chi connectivity index (χ1) is 11.2. The van der Waals surface area contributed by atoms with Crippen molar-refractivity contribution < 1.29 is 5.11 Å². The van der Waals surface area contributed by atoms with Gasteiger partial charge in [-0.25, -0.2) is 4.98 Å². The highest BCUT2D eigenvalue weighted by Crippen LogP contribution is 2.23. The van der Waals surface area contributed by atoms with Crippen molar-refractivity contribution in [2.45, 2.75) is 19.6 Å². The first-order valence-corrected chi connectivity index (χ1v) is 8.44. The third kappa shape index (κ3) is 4.15. The summed E-state index contributed by atoms with van der Waals surface area (Å²) in [4.78, 5) is 11.2. The maximum Gasteiger partial charge on any atom is 0.142 e. The number of pyridine rings is 1. The molecule has 23 heavy (non-hydrogen) atoms. The molecule has 0 unspecified atom stereocenters. The predicted octanol–water partition coefficient (Wildman–Crippen LogP) is 3.59. The summed E-state index contributed by atoms with van der Waals surface area (Å²) in [5.74, 6) is 0. The molecule has 5 heteroatoms. The van der Waals surface area contributed by atoms with E-state index in [1.165, 1.54) is 0 Å². The number of aromatic nitrogens is 2. The van der Waals surface area contributed by atoms with Crippen LogP contribution in [0.3, 0.4) is 0 Å². The molecule has 3 aromatic rings. The van der Waals surface area contributed by atoms with E-state index >= 15 is 0 Å². The Morgan fingerprint density at radius 1 is 1.13 bits per heavy atom. The van der Waals surface area contributed by atoms with Gasteiger partial charge in [-0.2, -0.15) is 0 Å². The number of anilines is 1. The van der Waals surface area contributed by atoms with Crippen LogP contribution in [-0.2, 0) is 6.54 Å². The van der Waals surface area contributed by atoms with Gasteiger partial charge in [0.05, 0.1) is 24.0 Å². The van der Waals surface area contributed by atoms with Crippen LogP contribution in [0.25, 0.3) is 10.7 Å². The minimum Gasteiger partial charge on any atom is -0.392 e. The zero-order valence-electron chi connectivity index (χ0n) is 13.0. The minimum absolute atomic E-state index is 0.399. The Hall–Kier alpha value is -2.24. The number of aliphatic hydroxyl groups is 1. The summed E-state index contributed by atoms with van der Waals surface area (Å²) in [5, 5.41) is 12.8. The second kappa shape index (κ2) is 7.35. The molecule has 2 aromatic heterocycles. The molecule has 4 nitrogen and oxygen atoms in total. The number of benzene rings is 1. The fraction of sp³-hybridized carbons (Fsp3) is 0.222. The zero-order valence-corrected chi connectivity index (χ0v) is 13.8. The molecule has 0 aliphatic carbocycles. The van der Waals surface area contributed by atoms with Crippen molar-refractivity contribution in [2.24, 2.45) is 0 Å². The lowest BCUT2D eigenvalue weighted by Crippen LogP contribution is -2.30. The first-order valence-electron chi connectivity index (χ1n) is 7.56. The molecule has 0 radical (unpaired) electrons. The average molecular weight is 325 g/mol. The summed E-state index contributed by atoms with van der Waals surface area (Å²) in [6.07, 6.45) is 1.38. The third-order valence-corrected chi connectivity index (χ3v) is 4.31. The quantitative estimate of drug-likeness (QED) is 0.752. The number of nitrogens with zero attached hydrogens (tertiary/aromatic N) is 3. The van der Waals surface area contributed by atoms with Crippen LogP contribution in [0.15, 0.2) is 60.1 Å². The Bertz CT molecular complexity index is 728. The molecule has 1 atom stereocenters. The summed E-state index contributed by atoms with van der Waals surface area (Å²) in [6.45, 7) is 3.04. The zero-order chi connectivity index (χ0) is 16.1. The fourth-order valence-corrected chi connectivity index (χ4v) is 3.19. The number of hydrogen-bond acceptors (Lipinski definition) is 5. The van der Waals surface area contributed by atoms with Gasteiger partial charge in [-0.15, -0.1) is 11.3 Å². The molecule has 0 saturated heterocycles. The standard InChI is InChI=1S/C18H19N3OS/c1-14(22)11-21(16-7-3-2-4-8-16)12-15-13-23-18(20-15)17-9-5-6-10-19-17/h2-10,13-14,22H,11-12H2,1H3/t14-/m0/s1. The smallest absolute Gasteiger partial charge is 0.142 e. The van der Waals surface area contributed by atoms with Gasteiger partial charge in [0.25, 0.3) is 0 Å². The third-order valence-electron chi connectivity index (χ3n) is 3.39. The van der Waals surface area contributed by atoms with E-state index in [0.717, 1.165) is 22.1 Å². The lowest BCUT2D eigenvalue weighted by atomic mass is 10.2. The van der Waals surface area contributed by atoms with E-state index in [-0.39, 0.29) is 0 Å².